The van der Waals surface area contributed by atoms with Crippen LogP contribution in [0.3, 0.4) is 0 Å². The number of carbonyl (C=O) groups is 1. The Morgan fingerprint density at radius 3 is 3.06 bits per heavy atom. The van der Waals surface area contributed by atoms with E-state index in [1.165, 1.54) is 17.6 Å². The molecule has 0 aromatic carbocycles. The van der Waals surface area contributed by atoms with Gasteiger partial charge in [0.25, 0.3) is 5.91 Å². The fraction of sp³-hybridized carbons (Fsp3) is 0.200. The van der Waals surface area contributed by atoms with Gasteiger partial charge in [-0.05, 0) is 28.9 Å². The van der Waals surface area contributed by atoms with Crippen molar-refractivity contribution in [3.8, 4) is 0 Å². The molecular formula is C10H9BrN2O2S. The molecule has 1 N–H and O–H groups in total. The molecule has 0 radical (unpaired) electrons. The Bertz CT molecular complexity index is 481. The lowest BCUT2D eigenvalue weighted by atomic mass is 10.3. The van der Waals surface area contributed by atoms with Gasteiger partial charge in [0.1, 0.15) is 5.01 Å². The van der Waals surface area contributed by atoms with Crippen LogP contribution in [0.15, 0.2) is 33.0 Å². The highest BCUT2D eigenvalue weighted by Gasteiger charge is 2.16. The molecule has 0 saturated carbocycles. The predicted molar refractivity (Wildman–Crippen MR) is 64.4 cm³/mol. The maximum atomic E-state index is 11.8. The van der Waals surface area contributed by atoms with Crippen molar-refractivity contribution in [3.05, 3.63) is 39.1 Å². The van der Waals surface area contributed by atoms with Gasteiger partial charge in [0, 0.05) is 11.6 Å². The van der Waals surface area contributed by atoms with Crippen molar-refractivity contribution in [2.75, 3.05) is 0 Å². The molecule has 6 heteroatoms. The summed E-state index contributed by atoms with van der Waals surface area (Å²) in [7, 11) is 0. The van der Waals surface area contributed by atoms with Crippen LogP contribution in [0.1, 0.15) is 28.3 Å². The molecule has 1 amide bonds. The summed E-state index contributed by atoms with van der Waals surface area (Å²) in [5.41, 5.74) is 0.489. The number of rotatable bonds is 3. The fourth-order valence-corrected chi connectivity index (χ4v) is 2.31. The number of furan rings is 1. The Labute approximate surface area is 105 Å². The van der Waals surface area contributed by atoms with Crippen molar-refractivity contribution in [1.29, 1.82) is 0 Å². The fourth-order valence-electron chi connectivity index (χ4n) is 1.24. The molecule has 1 atom stereocenters. The highest BCUT2D eigenvalue weighted by molar-refractivity contribution is 9.10. The van der Waals surface area contributed by atoms with E-state index in [0.29, 0.717) is 10.2 Å². The maximum Gasteiger partial charge on any atom is 0.256 e. The number of halogens is 1. The van der Waals surface area contributed by atoms with Crippen molar-refractivity contribution in [3.63, 3.8) is 0 Å². The van der Waals surface area contributed by atoms with Crippen molar-refractivity contribution in [1.82, 2.24) is 10.3 Å². The first-order valence-electron chi connectivity index (χ1n) is 4.61. The van der Waals surface area contributed by atoms with E-state index in [-0.39, 0.29) is 11.9 Å². The molecular weight excluding hydrogens is 292 g/mol. The Kier molecular flexibility index (Phi) is 3.40. The van der Waals surface area contributed by atoms with Crippen molar-refractivity contribution < 1.29 is 9.21 Å². The van der Waals surface area contributed by atoms with Crippen LogP contribution in [0.4, 0.5) is 0 Å². The van der Waals surface area contributed by atoms with Gasteiger partial charge in [-0.1, -0.05) is 0 Å². The minimum absolute atomic E-state index is 0.103. The number of carbonyl (C=O) groups excluding carboxylic acids is 1. The van der Waals surface area contributed by atoms with Crippen LogP contribution >= 0.6 is 27.3 Å². The van der Waals surface area contributed by atoms with E-state index >= 15 is 0 Å². The first-order chi connectivity index (χ1) is 7.68. The third-order valence-corrected chi connectivity index (χ3v) is 3.60. The molecule has 16 heavy (non-hydrogen) atoms. The van der Waals surface area contributed by atoms with Crippen LogP contribution in [0.25, 0.3) is 0 Å². The van der Waals surface area contributed by atoms with Gasteiger partial charge in [0.2, 0.25) is 0 Å². The molecule has 84 valence electrons. The topological polar surface area (TPSA) is 55.1 Å². The average Bonchev–Trinajstić information content (AvgIpc) is 2.86. The lowest BCUT2D eigenvalue weighted by molar-refractivity contribution is 0.0938. The number of thiazole rings is 1. The zero-order valence-electron chi connectivity index (χ0n) is 8.44. The van der Waals surface area contributed by atoms with Gasteiger partial charge in [-0.15, -0.1) is 11.3 Å². The van der Waals surface area contributed by atoms with Crippen LogP contribution in [-0.4, -0.2) is 10.9 Å². The zero-order valence-corrected chi connectivity index (χ0v) is 10.8. The molecule has 2 aromatic rings. The quantitative estimate of drug-likeness (QED) is 0.948. The molecule has 0 fully saturated rings. The van der Waals surface area contributed by atoms with E-state index in [1.54, 1.807) is 12.3 Å². The van der Waals surface area contributed by atoms with Crippen LogP contribution in [0, 0.1) is 0 Å². The SMILES string of the molecule is CC(NC(=O)c1ccoc1Br)c1nccs1. The first kappa shape index (κ1) is 11.3. The molecule has 0 spiro atoms. The molecule has 1 unspecified atom stereocenters. The standard InChI is InChI=1S/C10H9BrN2O2S/c1-6(10-12-3-5-16-10)13-9(14)7-2-4-15-8(7)11/h2-6H,1H3,(H,13,14). The molecule has 0 aliphatic heterocycles. The molecule has 2 heterocycles. The van der Waals surface area contributed by atoms with Gasteiger partial charge >= 0.3 is 0 Å². The molecule has 4 nitrogen and oxygen atoms in total. The predicted octanol–water partition coefficient (Wildman–Crippen LogP) is 2.99. The summed E-state index contributed by atoms with van der Waals surface area (Å²) in [5.74, 6) is -0.177. The number of nitrogens with zero attached hydrogens (tertiary/aromatic N) is 1. The van der Waals surface area contributed by atoms with E-state index < -0.39 is 0 Å². The van der Waals surface area contributed by atoms with E-state index in [0.717, 1.165) is 5.01 Å². The number of hydrogen-bond acceptors (Lipinski definition) is 4. The summed E-state index contributed by atoms with van der Waals surface area (Å²) in [6, 6.07) is 1.52. The second kappa shape index (κ2) is 4.80. The summed E-state index contributed by atoms with van der Waals surface area (Å²) < 4.78 is 5.44. The summed E-state index contributed by atoms with van der Waals surface area (Å²) in [6.45, 7) is 1.89. The largest absolute Gasteiger partial charge is 0.457 e. The number of amides is 1. The van der Waals surface area contributed by atoms with E-state index in [4.69, 9.17) is 4.42 Å². The Morgan fingerprint density at radius 1 is 1.69 bits per heavy atom. The summed E-state index contributed by atoms with van der Waals surface area (Å²) in [5, 5.41) is 5.61. The molecule has 0 aliphatic rings. The Morgan fingerprint density at radius 2 is 2.50 bits per heavy atom. The lowest BCUT2D eigenvalue weighted by Gasteiger charge is -2.10. The first-order valence-corrected chi connectivity index (χ1v) is 6.29. The zero-order chi connectivity index (χ0) is 11.5. The normalized spacial score (nSPS) is 12.4. The Hall–Kier alpha value is -1.14. The number of hydrogen-bond donors (Lipinski definition) is 1. The number of nitrogens with one attached hydrogen (secondary N) is 1. The van der Waals surface area contributed by atoms with Gasteiger partial charge in [0.15, 0.2) is 4.67 Å². The molecule has 2 rings (SSSR count). The minimum Gasteiger partial charge on any atom is -0.457 e. The van der Waals surface area contributed by atoms with E-state index in [2.05, 4.69) is 26.2 Å². The average molecular weight is 301 g/mol. The highest BCUT2D eigenvalue weighted by atomic mass is 79.9. The van der Waals surface area contributed by atoms with E-state index in [9.17, 15) is 4.79 Å². The van der Waals surface area contributed by atoms with Gasteiger partial charge in [-0.25, -0.2) is 4.98 Å². The molecule has 0 aliphatic carbocycles. The lowest BCUT2D eigenvalue weighted by Crippen LogP contribution is -2.26. The van der Waals surface area contributed by atoms with Gasteiger partial charge in [-0.2, -0.15) is 0 Å². The van der Waals surface area contributed by atoms with Crippen molar-refractivity contribution >= 4 is 33.2 Å². The Balaban J connectivity index is 2.06. The third kappa shape index (κ3) is 2.33. The minimum atomic E-state index is -0.177. The maximum absolute atomic E-state index is 11.8. The molecule has 2 aromatic heterocycles. The highest BCUT2D eigenvalue weighted by Crippen LogP contribution is 2.20. The summed E-state index contributed by atoms with van der Waals surface area (Å²) in [4.78, 5) is 15.9. The van der Waals surface area contributed by atoms with Gasteiger partial charge in [0.05, 0.1) is 17.9 Å². The van der Waals surface area contributed by atoms with Crippen LogP contribution in [-0.2, 0) is 0 Å². The summed E-state index contributed by atoms with van der Waals surface area (Å²) in [6.07, 6.45) is 3.18. The van der Waals surface area contributed by atoms with Crippen LogP contribution < -0.4 is 5.32 Å². The second-order valence-electron chi connectivity index (χ2n) is 3.17. The van der Waals surface area contributed by atoms with Gasteiger partial charge < -0.3 is 9.73 Å². The monoisotopic (exact) mass is 300 g/mol. The van der Waals surface area contributed by atoms with Crippen molar-refractivity contribution in [2.24, 2.45) is 0 Å². The number of aromatic nitrogens is 1. The summed E-state index contributed by atoms with van der Waals surface area (Å²) >= 11 is 4.68. The van der Waals surface area contributed by atoms with E-state index in [1.807, 2.05) is 12.3 Å². The molecule has 0 bridgehead atoms. The van der Waals surface area contributed by atoms with Crippen LogP contribution in [0.5, 0.6) is 0 Å². The third-order valence-electron chi connectivity index (χ3n) is 2.03. The molecule has 0 saturated heterocycles. The second-order valence-corrected chi connectivity index (χ2v) is 4.82. The van der Waals surface area contributed by atoms with Crippen molar-refractivity contribution in [2.45, 2.75) is 13.0 Å². The van der Waals surface area contributed by atoms with Gasteiger partial charge in [-0.3, -0.25) is 4.79 Å². The van der Waals surface area contributed by atoms with Crippen LogP contribution in [0.2, 0.25) is 0 Å². The smallest absolute Gasteiger partial charge is 0.256 e.